The van der Waals surface area contributed by atoms with E-state index in [2.05, 4.69) is 30.3 Å². The van der Waals surface area contributed by atoms with Gasteiger partial charge in [-0.3, -0.25) is 4.79 Å². The Hall–Kier alpha value is -3.23. The Morgan fingerprint density at radius 1 is 0.750 bits per heavy atom. The summed E-state index contributed by atoms with van der Waals surface area (Å²) >= 11 is 0. The minimum absolute atomic E-state index is 0.0162. The number of aryl methyl sites for hydroxylation is 1. The van der Waals surface area contributed by atoms with Crippen LogP contribution in [0.1, 0.15) is 38.2 Å². The summed E-state index contributed by atoms with van der Waals surface area (Å²) in [6, 6.07) is 27.7. The van der Waals surface area contributed by atoms with Crippen molar-refractivity contribution in [1.82, 2.24) is 0 Å². The first kappa shape index (κ1) is 16.9. The van der Waals surface area contributed by atoms with Crippen LogP contribution in [0.5, 0.6) is 0 Å². The number of hydrogen-bond acceptors (Lipinski definition) is 2. The van der Waals surface area contributed by atoms with Gasteiger partial charge in [-0.1, -0.05) is 84.4 Å². The van der Waals surface area contributed by atoms with Gasteiger partial charge in [-0.2, -0.15) is 0 Å². The smallest absolute Gasteiger partial charge is 0.193 e. The van der Waals surface area contributed by atoms with Crippen LogP contribution in [0, 0.1) is 6.92 Å². The molecule has 2 nitrogen and oxygen atoms in total. The average Bonchev–Trinajstić information content (AvgIpc) is 2.72. The summed E-state index contributed by atoms with van der Waals surface area (Å²) < 4.78 is 0. The third kappa shape index (κ3) is 2.49. The Morgan fingerprint density at radius 3 is 2.32 bits per heavy atom. The second-order valence-corrected chi connectivity index (χ2v) is 7.64. The van der Waals surface area contributed by atoms with E-state index in [1.807, 2.05) is 61.5 Å². The van der Waals surface area contributed by atoms with Crippen molar-refractivity contribution in [2.75, 3.05) is 0 Å². The Bertz CT molecular complexity index is 1240. The zero-order valence-electron chi connectivity index (χ0n) is 15.6. The van der Waals surface area contributed by atoms with E-state index < -0.39 is 5.60 Å². The van der Waals surface area contributed by atoms with E-state index in [1.54, 1.807) is 0 Å². The lowest BCUT2D eigenvalue weighted by Gasteiger charge is -2.36. The number of fused-ring (bicyclic) bond motifs is 3. The SMILES string of the molecule is Cc1ccc2c(c1)C(=O)c1ccccc1C2(O)Cc1ccc2ccccc2c1. The predicted octanol–water partition coefficient (Wildman–Crippen LogP) is 5.17. The molecule has 0 radical (unpaired) electrons. The van der Waals surface area contributed by atoms with Crippen LogP contribution in [0.2, 0.25) is 0 Å². The molecule has 1 atom stereocenters. The molecule has 0 saturated carbocycles. The highest BCUT2D eigenvalue weighted by molar-refractivity contribution is 6.13. The van der Waals surface area contributed by atoms with Crippen molar-refractivity contribution in [2.24, 2.45) is 0 Å². The molecular weight excluding hydrogens is 344 g/mol. The first-order valence-electron chi connectivity index (χ1n) is 9.52. The maximum absolute atomic E-state index is 13.1. The number of aliphatic hydroxyl groups is 1. The Balaban J connectivity index is 1.71. The molecule has 0 amide bonds. The maximum atomic E-state index is 13.1. The van der Waals surface area contributed by atoms with Crippen molar-refractivity contribution in [2.45, 2.75) is 18.9 Å². The predicted molar refractivity (Wildman–Crippen MR) is 112 cm³/mol. The van der Waals surface area contributed by atoms with Gasteiger partial charge in [-0.05, 0) is 40.5 Å². The largest absolute Gasteiger partial charge is 0.380 e. The number of rotatable bonds is 2. The van der Waals surface area contributed by atoms with E-state index in [4.69, 9.17) is 0 Å². The van der Waals surface area contributed by atoms with Crippen molar-refractivity contribution in [1.29, 1.82) is 0 Å². The summed E-state index contributed by atoms with van der Waals surface area (Å²) in [5, 5.41) is 14.3. The molecule has 4 aromatic rings. The minimum Gasteiger partial charge on any atom is -0.380 e. The maximum Gasteiger partial charge on any atom is 0.193 e. The molecule has 1 aliphatic rings. The van der Waals surface area contributed by atoms with Crippen LogP contribution in [-0.2, 0) is 12.0 Å². The van der Waals surface area contributed by atoms with E-state index in [0.717, 1.165) is 16.5 Å². The molecule has 4 aromatic carbocycles. The molecule has 1 unspecified atom stereocenters. The molecule has 0 aliphatic heterocycles. The number of hydrogen-bond donors (Lipinski definition) is 1. The van der Waals surface area contributed by atoms with Crippen molar-refractivity contribution >= 4 is 16.6 Å². The molecule has 0 aromatic heterocycles. The average molecular weight is 364 g/mol. The Morgan fingerprint density at radius 2 is 1.46 bits per heavy atom. The van der Waals surface area contributed by atoms with Crippen LogP contribution in [0.4, 0.5) is 0 Å². The van der Waals surface area contributed by atoms with Crippen LogP contribution >= 0.6 is 0 Å². The molecular formula is C26H20O2. The van der Waals surface area contributed by atoms with Gasteiger partial charge < -0.3 is 5.11 Å². The van der Waals surface area contributed by atoms with Gasteiger partial charge in [0.25, 0.3) is 0 Å². The van der Waals surface area contributed by atoms with Crippen molar-refractivity contribution in [3.8, 4) is 0 Å². The van der Waals surface area contributed by atoms with Gasteiger partial charge in [0.2, 0.25) is 0 Å². The van der Waals surface area contributed by atoms with Gasteiger partial charge in [0, 0.05) is 17.5 Å². The van der Waals surface area contributed by atoms with E-state index >= 15 is 0 Å². The van der Waals surface area contributed by atoms with Crippen LogP contribution < -0.4 is 0 Å². The summed E-state index contributed by atoms with van der Waals surface area (Å²) in [5.74, 6) is -0.0162. The number of ketones is 1. The molecule has 0 spiro atoms. The summed E-state index contributed by atoms with van der Waals surface area (Å²) in [7, 11) is 0. The number of carbonyl (C=O) groups excluding carboxylic acids is 1. The summed E-state index contributed by atoms with van der Waals surface area (Å²) in [5.41, 5.74) is 3.37. The van der Waals surface area contributed by atoms with Crippen LogP contribution in [0.25, 0.3) is 10.8 Å². The third-order valence-corrected chi connectivity index (χ3v) is 5.76. The lowest BCUT2D eigenvalue weighted by atomic mass is 9.71. The van der Waals surface area contributed by atoms with Gasteiger partial charge in [0.05, 0.1) is 0 Å². The van der Waals surface area contributed by atoms with Crippen molar-refractivity contribution < 1.29 is 9.90 Å². The normalized spacial score (nSPS) is 18.0. The highest BCUT2D eigenvalue weighted by Gasteiger charge is 2.42. The lowest BCUT2D eigenvalue weighted by molar-refractivity contribution is 0.0721. The molecule has 0 bridgehead atoms. The molecule has 136 valence electrons. The van der Waals surface area contributed by atoms with E-state index in [0.29, 0.717) is 28.7 Å². The highest BCUT2D eigenvalue weighted by Crippen LogP contribution is 2.42. The minimum atomic E-state index is -1.24. The number of carbonyl (C=O) groups is 1. The summed E-state index contributed by atoms with van der Waals surface area (Å²) in [6.45, 7) is 1.97. The van der Waals surface area contributed by atoms with Gasteiger partial charge in [0.15, 0.2) is 5.78 Å². The molecule has 5 rings (SSSR count). The fourth-order valence-corrected chi connectivity index (χ4v) is 4.37. The van der Waals surface area contributed by atoms with Gasteiger partial charge in [-0.15, -0.1) is 0 Å². The molecule has 2 heteroatoms. The molecule has 28 heavy (non-hydrogen) atoms. The standard InChI is InChI=1S/C26H20O2/c1-17-10-13-24-22(14-17)25(27)21-8-4-5-9-23(21)26(24,28)16-18-11-12-19-6-2-3-7-20(19)15-18/h2-15,28H,16H2,1H3. The zero-order chi connectivity index (χ0) is 19.3. The van der Waals surface area contributed by atoms with Crippen molar-refractivity contribution in [3.63, 3.8) is 0 Å². The highest BCUT2D eigenvalue weighted by atomic mass is 16.3. The van der Waals surface area contributed by atoms with E-state index in [9.17, 15) is 9.90 Å². The second-order valence-electron chi connectivity index (χ2n) is 7.64. The molecule has 1 N–H and O–H groups in total. The van der Waals surface area contributed by atoms with Crippen molar-refractivity contribution in [3.05, 3.63) is 118 Å². The van der Waals surface area contributed by atoms with Gasteiger partial charge >= 0.3 is 0 Å². The van der Waals surface area contributed by atoms with Gasteiger partial charge in [-0.25, -0.2) is 0 Å². The monoisotopic (exact) mass is 364 g/mol. The molecule has 0 fully saturated rings. The van der Waals surface area contributed by atoms with Gasteiger partial charge in [0.1, 0.15) is 5.60 Å². The van der Waals surface area contributed by atoms with Crippen LogP contribution in [-0.4, -0.2) is 10.9 Å². The topological polar surface area (TPSA) is 37.3 Å². The first-order valence-corrected chi connectivity index (χ1v) is 9.52. The lowest BCUT2D eigenvalue weighted by Crippen LogP contribution is -2.37. The molecule has 0 saturated heterocycles. The summed E-state index contributed by atoms with van der Waals surface area (Å²) in [4.78, 5) is 13.1. The Labute approximate surface area is 164 Å². The van der Waals surface area contributed by atoms with Crippen LogP contribution in [0.15, 0.2) is 84.9 Å². The number of benzene rings is 4. The quantitative estimate of drug-likeness (QED) is 0.533. The second kappa shape index (κ2) is 6.15. The first-order chi connectivity index (χ1) is 13.6. The molecule has 0 heterocycles. The fourth-order valence-electron chi connectivity index (χ4n) is 4.37. The summed E-state index contributed by atoms with van der Waals surface area (Å²) in [6.07, 6.45) is 0.415. The zero-order valence-corrected chi connectivity index (χ0v) is 15.6. The third-order valence-electron chi connectivity index (χ3n) is 5.76. The fraction of sp³-hybridized carbons (Fsp3) is 0.115. The van der Waals surface area contributed by atoms with E-state index in [1.165, 1.54) is 5.39 Å². The van der Waals surface area contributed by atoms with E-state index in [-0.39, 0.29) is 5.78 Å². The van der Waals surface area contributed by atoms with Crippen LogP contribution in [0.3, 0.4) is 0 Å². The Kier molecular flexibility index (Phi) is 3.71. The molecule has 1 aliphatic carbocycles.